The number of carbonyl (C=O) groups excluding carboxylic acids is 1. The quantitative estimate of drug-likeness (QED) is 0.673. The Kier molecular flexibility index (Phi) is 4.33. The van der Waals surface area contributed by atoms with Crippen LogP contribution in [0.5, 0.6) is 0 Å². The van der Waals surface area contributed by atoms with Gasteiger partial charge in [-0.1, -0.05) is 48.5 Å². The number of hydrogen-bond donors (Lipinski definition) is 3. The lowest BCUT2D eigenvalue weighted by molar-refractivity contribution is -0.137. The number of carboxylic acids is 1. The molecule has 0 unspecified atom stereocenters. The molecular formula is C19H18N2O3. The molecule has 2 aromatic carbocycles. The molecule has 122 valence electrons. The smallest absolute Gasteiger partial charge is 0.305 e. The molecule has 0 aliphatic heterocycles. The Hall–Kier alpha value is -3.08. The Balaban J connectivity index is 1.87. The Bertz CT molecular complexity index is 884. The summed E-state index contributed by atoms with van der Waals surface area (Å²) < 4.78 is 0. The minimum absolute atomic E-state index is 0.172. The van der Waals surface area contributed by atoms with Gasteiger partial charge in [0.15, 0.2) is 0 Å². The number of amides is 1. The van der Waals surface area contributed by atoms with Gasteiger partial charge in [0, 0.05) is 10.9 Å². The van der Waals surface area contributed by atoms with Gasteiger partial charge in [0.05, 0.1) is 12.5 Å². The number of fused-ring (bicyclic) bond motifs is 1. The number of aromatic nitrogens is 1. The van der Waals surface area contributed by atoms with Crippen LogP contribution in [0.25, 0.3) is 10.9 Å². The summed E-state index contributed by atoms with van der Waals surface area (Å²) in [6.45, 7) is 1.97. The molecule has 0 bridgehead atoms. The van der Waals surface area contributed by atoms with Gasteiger partial charge in [0.25, 0.3) is 5.91 Å². The first-order valence-electron chi connectivity index (χ1n) is 7.70. The highest BCUT2D eigenvalue weighted by molar-refractivity contribution is 5.99. The van der Waals surface area contributed by atoms with Gasteiger partial charge in [-0.2, -0.15) is 0 Å². The summed E-state index contributed by atoms with van der Waals surface area (Å²) in [6, 6.07) is 16.1. The summed E-state index contributed by atoms with van der Waals surface area (Å²) in [5.41, 5.74) is 3.15. The third kappa shape index (κ3) is 3.30. The molecule has 3 aromatic rings. The molecule has 1 atom stereocenters. The van der Waals surface area contributed by atoms with E-state index in [2.05, 4.69) is 10.3 Å². The number of nitrogens with one attached hydrogen (secondary N) is 2. The first-order chi connectivity index (χ1) is 11.5. The Labute approximate surface area is 139 Å². The monoisotopic (exact) mass is 322 g/mol. The summed E-state index contributed by atoms with van der Waals surface area (Å²) >= 11 is 0. The molecule has 24 heavy (non-hydrogen) atoms. The highest BCUT2D eigenvalue weighted by Gasteiger charge is 2.20. The van der Waals surface area contributed by atoms with Crippen molar-refractivity contribution in [2.75, 3.05) is 0 Å². The molecule has 3 N–H and O–H groups in total. The summed E-state index contributed by atoms with van der Waals surface area (Å²) in [6.07, 6.45) is -0.172. The van der Waals surface area contributed by atoms with Gasteiger partial charge in [-0.05, 0) is 24.1 Å². The van der Waals surface area contributed by atoms with Crippen molar-refractivity contribution in [2.24, 2.45) is 0 Å². The van der Waals surface area contributed by atoms with Crippen LogP contribution in [-0.4, -0.2) is 22.0 Å². The number of aryl methyl sites for hydroxylation is 1. The van der Waals surface area contributed by atoms with Crippen molar-refractivity contribution in [3.05, 3.63) is 71.4 Å². The largest absolute Gasteiger partial charge is 0.481 e. The fourth-order valence-electron chi connectivity index (χ4n) is 2.78. The van der Waals surface area contributed by atoms with Gasteiger partial charge < -0.3 is 15.4 Å². The van der Waals surface area contributed by atoms with E-state index in [1.54, 1.807) is 6.07 Å². The van der Waals surface area contributed by atoms with Gasteiger partial charge in [-0.15, -0.1) is 0 Å². The molecule has 5 nitrogen and oxygen atoms in total. The fraction of sp³-hybridized carbons (Fsp3) is 0.158. The number of benzene rings is 2. The summed E-state index contributed by atoms with van der Waals surface area (Å²) in [5, 5.41) is 12.9. The highest BCUT2D eigenvalue weighted by atomic mass is 16.4. The van der Waals surface area contributed by atoms with Crippen LogP contribution in [0.15, 0.2) is 54.6 Å². The van der Waals surface area contributed by atoms with Crippen molar-refractivity contribution in [3.8, 4) is 0 Å². The molecule has 1 heterocycles. The average Bonchev–Trinajstić information content (AvgIpc) is 3.00. The number of aliphatic carboxylic acids is 1. The van der Waals surface area contributed by atoms with Gasteiger partial charge >= 0.3 is 5.97 Å². The van der Waals surface area contributed by atoms with Crippen LogP contribution in [0.2, 0.25) is 0 Å². The van der Waals surface area contributed by atoms with Gasteiger partial charge in [-0.25, -0.2) is 0 Å². The van der Waals surface area contributed by atoms with Crippen molar-refractivity contribution in [2.45, 2.75) is 19.4 Å². The van der Waals surface area contributed by atoms with E-state index in [0.29, 0.717) is 5.69 Å². The number of carboxylic acid groups (broad SMARTS) is 1. The maximum atomic E-state index is 12.6. The van der Waals surface area contributed by atoms with E-state index in [0.717, 1.165) is 22.0 Å². The predicted molar refractivity (Wildman–Crippen MR) is 91.9 cm³/mol. The van der Waals surface area contributed by atoms with Crippen molar-refractivity contribution < 1.29 is 14.7 Å². The topological polar surface area (TPSA) is 82.2 Å². The third-order valence-corrected chi connectivity index (χ3v) is 4.00. The van der Waals surface area contributed by atoms with Gasteiger partial charge in [0.2, 0.25) is 0 Å². The van der Waals surface area contributed by atoms with Crippen molar-refractivity contribution in [1.82, 2.24) is 10.3 Å². The normalized spacial score (nSPS) is 12.0. The van der Waals surface area contributed by atoms with Crippen LogP contribution in [-0.2, 0) is 4.79 Å². The van der Waals surface area contributed by atoms with Gasteiger partial charge in [-0.3, -0.25) is 9.59 Å². The van der Waals surface area contributed by atoms with E-state index in [1.807, 2.05) is 55.5 Å². The van der Waals surface area contributed by atoms with Gasteiger partial charge in [0.1, 0.15) is 5.69 Å². The minimum Gasteiger partial charge on any atom is -0.481 e. The zero-order valence-corrected chi connectivity index (χ0v) is 13.2. The second-order valence-electron chi connectivity index (χ2n) is 5.76. The lowest BCUT2D eigenvalue weighted by Crippen LogP contribution is -2.30. The predicted octanol–water partition coefficient (Wildman–Crippen LogP) is 3.42. The van der Waals surface area contributed by atoms with E-state index in [9.17, 15) is 9.59 Å². The van der Waals surface area contributed by atoms with Crippen molar-refractivity contribution in [1.29, 1.82) is 0 Å². The van der Waals surface area contributed by atoms with E-state index < -0.39 is 12.0 Å². The molecule has 1 amide bonds. The van der Waals surface area contributed by atoms with Crippen LogP contribution in [0.1, 0.15) is 34.1 Å². The van der Waals surface area contributed by atoms with Crippen LogP contribution in [0.3, 0.4) is 0 Å². The Morgan fingerprint density at radius 3 is 2.54 bits per heavy atom. The van der Waals surface area contributed by atoms with E-state index in [4.69, 9.17) is 5.11 Å². The average molecular weight is 322 g/mol. The maximum absolute atomic E-state index is 12.6. The molecule has 3 rings (SSSR count). The molecule has 0 radical (unpaired) electrons. The molecule has 5 heteroatoms. The lowest BCUT2D eigenvalue weighted by atomic mass is 10.0. The molecule has 1 aromatic heterocycles. The standard InChI is InChI=1S/C19H18N2O3/c1-12-6-5-9-14-10-16(20-18(12)14)19(24)21-15(11-17(22)23)13-7-3-2-4-8-13/h2-10,15,20H,11H2,1H3,(H,21,24)(H,22,23)/t15-/m1/s1. The van der Waals surface area contributed by atoms with Crippen LogP contribution in [0, 0.1) is 6.92 Å². The second kappa shape index (κ2) is 6.58. The molecule has 0 aliphatic rings. The first-order valence-corrected chi connectivity index (χ1v) is 7.70. The Morgan fingerprint density at radius 1 is 1.12 bits per heavy atom. The van der Waals surface area contributed by atoms with Crippen LogP contribution < -0.4 is 5.32 Å². The first kappa shape index (κ1) is 15.8. The van der Waals surface area contributed by atoms with Crippen molar-refractivity contribution in [3.63, 3.8) is 0 Å². The van der Waals surface area contributed by atoms with Crippen LogP contribution >= 0.6 is 0 Å². The molecule has 0 spiro atoms. The number of H-pyrrole nitrogens is 1. The molecule has 0 aliphatic carbocycles. The zero-order valence-electron chi connectivity index (χ0n) is 13.2. The molecular weight excluding hydrogens is 304 g/mol. The number of hydrogen-bond acceptors (Lipinski definition) is 2. The number of rotatable bonds is 5. The molecule has 0 saturated carbocycles. The van der Waals surface area contributed by atoms with Crippen molar-refractivity contribution >= 4 is 22.8 Å². The second-order valence-corrected chi connectivity index (χ2v) is 5.76. The van der Waals surface area contributed by atoms with E-state index >= 15 is 0 Å². The summed E-state index contributed by atoms with van der Waals surface area (Å²) in [4.78, 5) is 26.8. The maximum Gasteiger partial charge on any atom is 0.305 e. The minimum atomic E-state index is -0.961. The lowest BCUT2D eigenvalue weighted by Gasteiger charge is -2.17. The third-order valence-electron chi connectivity index (χ3n) is 4.00. The summed E-state index contributed by atoms with van der Waals surface area (Å²) in [7, 11) is 0. The van der Waals surface area contributed by atoms with E-state index in [1.165, 1.54) is 0 Å². The number of carbonyl (C=O) groups is 2. The highest BCUT2D eigenvalue weighted by Crippen LogP contribution is 2.21. The zero-order chi connectivity index (χ0) is 17.1. The SMILES string of the molecule is Cc1cccc2cc(C(=O)N[C@H](CC(=O)O)c3ccccc3)[nH]c12. The number of aromatic amines is 1. The fourth-order valence-corrected chi connectivity index (χ4v) is 2.78. The summed E-state index contributed by atoms with van der Waals surface area (Å²) in [5.74, 6) is -1.28. The number of para-hydroxylation sites is 1. The molecule has 0 saturated heterocycles. The van der Waals surface area contributed by atoms with Crippen LogP contribution in [0.4, 0.5) is 0 Å². The van der Waals surface area contributed by atoms with E-state index in [-0.39, 0.29) is 12.3 Å². The molecule has 0 fully saturated rings. The Morgan fingerprint density at radius 2 is 1.88 bits per heavy atom.